The lowest BCUT2D eigenvalue weighted by Crippen LogP contribution is -2.61. The van der Waals surface area contributed by atoms with E-state index in [1.54, 1.807) is 24.4 Å². The number of amides is 1. The third-order valence-electron chi connectivity index (χ3n) is 6.98. The second-order valence-electron chi connectivity index (χ2n) is 9.17. The molecule has 2 aliphatic heterocycles. The van der Waals surface area contributed by atoms with Gasteiger partial charge < -0.3 is 15.1 Å². The molecule has 1 saturated heterocycles. The van der Waals surface area contributed by atoms with E-state index >= 15 is 0 Å². The Morgan fingerprint density at radius 1 is 1.03 bits per heavy atom. The van der Waals surface area contributed by atoms with Crippen LogP contribution in [0.5, 0.6) is 0 Å². The predicted molar refractivity (Wildman–Crippen MR) is 129 cm³/mol. The number of rotatable bonds is 5. The molecule has 188 valence electrons. The first-order chi connectivity index (χ1) is 17.3. The molecule has 0 spiro atoms. The van der Waals surface area contributed by atoms with Crippen molar-refractivity contribution in [3.63, 3.8) is 0 Å². The third-order valence-corrected chi connectivity index (χ3v) is 6.98. The van der Waals surface area contributed by atoms with Crippen molar-refractivity contribution in [2.45, 2.75) is 25.1 Å². The van der Waals surface area contributed by atoms with Crippen molar-refractivity contribution in [1.29, 1.82) is 0 Å². The van der Waals surface area contributed by atoms with E-state index < -0.39 is 17.7 Å². The number of piperazine rings is 1. The van der Waals surface area contributed by atoms with E-state index in [2.05, 4.69) is 10.3 Å². The summed E-state index contributed by atoms with van der Waals surface area (Å²) in [6.45, 7) is 1.71. The number of nitrogens with one attached hydrogen (secondary N) is 1. The summed E-state index contributed by atoms with van der Waals surface area (Å²) < 4.78 is 54.8. The molecule has 2 aromatic carbocycles. The standard InChI is InChI=1S/C27H26F4N4O/c28-22-6-1-2-7-24(22)34-13-14-35-23-9-8-19(27(29,30)31)15-18(23)16-21(25(35)17-34)26(36)33-12-10-20-5-3-4-11-32-20/h1-9,11,15,21,25H,10,12-14,16-17H2,(H,33,36). The van der Waals surface area contributed by atoms with E-state index in [0.717, 1.165) is 17.8 Å². The Balaban J connectivity index is 1.41. The number of anilines is 2. The highest BCUT2D eigenvalue weighted by Crippen LogP contribution is 2.40. The quantitative estimate of drug-likeness (QED) is 0.528. The lowest BCUT2D eigenvalue weighted by molar-refractivity contribution is -0.137. The van der Waals surface area contributed by atoms with Crippen LogP contribution >= 0.6 is 0 Å². The average molecular weight is 499 g/mol. The van der Waals surface area contributed by atoms with Crippen molar-refractivity contribution in [2.75, 3.05) is 36.0 Å². The maximum Gasteiger partial charge on any atom is 0.416 e. The van der Waals surface area contributed by atoms with Crippen LogP contribution in [-0.4, -0.2) is 43.1 Å². The molecule has 3 aromatic rings. The van der Waals surface area contributed by atoms with Crippen molar-refractivity contribution in [3.8, 4) is 0 Å². The molecule has 9 heteroatoms. The van der Waals surface area contributed by atoms with Crippen LogP contribution in [0.4, 0.5) is 28.9 Å². The van der Waals surface area contributed by atoms with Crippen molar-refractivity contribution in [3.05, 3.63) is 89.5 Å². The second-order valence-corrected chi connectivity index (χ2v) is 9.17. The first-order valence-corrected chi connectivity index (χ1v) is 11.9. The maximum atomic E-state index is 14.5. The van der Waals surface area contributed by atoms with Gasteiger partial charge in [0.15, 0.2) is 0 Å². The Kier molecular flexibility index (Phi) is 6.55. The fourth-order valence-electron chi connectivity index (χ4n) is 5.22. The van der Waals surface area contributed by atoms with Gasteiger partial charge in [-0.3, -0.25) is 9.78 Å². The molecule has 2 unspecified atom stereocenters. The van der Waals surface area contributed by atoms with E-state index in [1.807, 2.05) is 28.0 Å². The molecule has 0 saturated carbocycles. The second kappa shape index (κ2) is 9.79. The molecule has 3 heterocycles. The summed E-state index contributed by atoms with van der Waals surface area (Å²) in [5.41, 5.74) is 1.79. The van der Waals surface area contributed by atoms with Crippen LogP contribution in [0.3, 0.4) is 0 Å². The number of aromatic nitrogens is 1. The largest absolute Gasteiger partial charge is 0.416 e. The van der Waals surface area contributed by atoms with Gasteiger partial charge in [-0.05, 0) is 54.4 Å². The van der Waals surface area contributed by atoms with Gasteiger partial charge in [-0.2, -0.15) is 13.2 Å². The Labute approximate surface area is 206 Å². The van der Waals surface area contributed by atoms with E-state index in [0.29, 0.717) is 49.5 Å². The molecule has 0 radical (unpaired) electrons. The minimum atomic E-state index is -4.46. The number of hydrogen-bond donors (Lipinski definition) is 1. The summed E-state index contributed by atoms with van der Waals surface area (Å²) >= 11 is 0. The molecule has 0 bridgehead atoms. The summed E-state index contributed by atoms with van der Waals surface area (Å²) in [7, 11) is 0. The van der Waals surface area contributed by atoms with Gasteiger partial charge in [-0.15, -0.1) is 0 Å². The number of fused-ring (bicyclic) bond motifs is 3. The van der Waals surface area contributed by atoms with Crippen LogP contribution in [0.25, 0.3) is 0 Å². The van der Waals surface area contributed by atoms with Crippen LogP contribution in [0.1, 0.15) is 16.8 Å². The number of nitrogens with zero attached hydrogens (tertiary/aromatic N) is 3. The Hall–Kier alpha value is -3.62. The summed E-state index contributed by atoms with van der Waals surface area (Å²) in [5, 5.41) is 2.96. The van der Waals surface area contributed by atoms with Crippen molar-refractivity contribution >= 4 is 17.3 Å². The fourth-order valence-corrected chi connectivity index (χ4v) is 5.22. The topological polar surface area (TPSA) is 48.5 Å². The Morgan fingerprint density at radius 2 is 1.83 bits per heavy atom. The summed E-state index contributed by atoms with van der Waals surface area (Å²) in [5.74, 6) is -1.15. The number of benzene rings is 2. The SMILES string of the molecule is O=C(NCCc1ccccn1)C1Cc2cc(C(F)(F)F)ccc2N2CCN(c3ccccc3F)CC12. The smallest absolute Gasteiger partial charge is 0.365 e. The predicted octanol–water partition coefficient (Wildman–Crippen LogP) is 4.47. The normalized spacial score (nSPS) is 19.4. The molecule has 5 nitrogen and oxygen atoms in total. The molecular weight excluding hydrogens is 472 g/mol. The number of carbonyl (C=O) groups is 1. The molecule has 5 rings (SSSR count). The van der Waals surface area contributed by atoms with Gasteiger partial charge in [0.25, 0.3) is 0 Å². The maximum absolute atomic E-state index is 14.5. The summed E-state index contributed by atoms with van der Waals surface area (Å²) in [6.07, 6.45) is -2.05. The van der Waals surface area contributed by atoms with E-state index in [1.165, 1.54) is 12.1 Å². The molecule has 1 amide bonds. The molecule has 1 N–H and O–H groups in total. The highest BCUT2D eigenvalue weighted by molar-refractivity contribution is 5.82. The molecule has 2 aliphatic rings. The van der Waals surface area contributed by atoms with Gasteiger partial charge in [0.2, 0.25) is 5.91 Å². The first kappa shape index (κ1) is 24.1. The molecule has 1 aromatic heterocycles. The number of hydrogen-bond acceptors (Lipinski definition) is 4. The molecular formula is C27H26F4N4O. The lowest BCUT2D eigenvalue weighted by atomic mass is 9.82. The average Bonchev–Trinajstić information content (AvgIpc) is 2.88. The highest BCUT2D eigenvalue weighted by atomic mass is 19.4. The summed E-state index contributed by atoms with van der Waals surface area (Å²) in [6, 6.07) is 15.5. The van der Waals surface area contributed by atoms with Crippen molar-refractivity contribution in [2.24, 2.45) is 5.92 Å². The van der Waals surface area contributed by atoms with Crippen LogP contribution in [0, 0.1) is 11.7 Å². The van der Waals surface area contributed by atoms with Gasteiger partial charge >= 0.3 is 6.18 Å². The van der Waals surface area contributed by atoms with Gasteiger partial charge in [-0.25, -0.2) is 4.39 Å². The van der Waals surface area contributed by atoms with Crippen LogP contribution in [0.15, 0.2) is 66.9 Å². The monoisotopic (exact) mass is 498 g/mol. The number of carbonyl (C=O) groups excluding carboxylic acids is 1. The zero-order valence-electron chi connectivity index (χ0n) is 19.5. The molecule has 1 fully saturated rings. The van der Waals surface area contributed by atoms with E-state index in [-0.39, 0.29) is 24.2 Å². The number of alkyl halides is 3. The number of para-hydroxylation sites is 1. The van der Waals surface area contributed by atoms with Gasteiger partial charge in [0.05, 0.1) is 23.2 Å². The van der Waals surface area contributed by atoms with E-state index in [9.17, 15) is 22.4 Å². The van der Waals surface area contributed by atoms with Crippen molar-refractivity contribution < 1.29 is 22.4 Å². The third kappa shape index (κ3) is 4.87. The first-order valence-electron chi connectivity index (χ1n) is 11.9. The van der Waals surface area contributed by atoms with Gasteiger partial charge in [0.1, 0.15) is 5.82 Å². The van der Waals surface area contributed by atoms with Gasteiger partial charge in [-0.1, -0.05) is 18.2 Å². The minimum absolute atomic E-state index is 0.182. The number of halogens is 4. The van der Waals surface area contributed by atoms with Crippen LogP contribution < -0.4 is 15.1 Å². The van der Waals surface area contributed by atoms with Gasteiger partial charge in [0, 0.05) is 50.2 Å². The fraction of sp³-hybridized carbons (Fsp3) is 0.333. The zero-order valence-corrected chi connectivity index (χ0v) is 19.5. The molecule has 2 atom stereocenters. The number of pyridine rings is 1. The molecule has 0 aliphatic carbocycles. The Morgan fingerprint density at radius 3 is 2.58 bits per heavy atom. The van der Waals surface area contributed by atoms with Crippen LogP contribution in [-0.2, 0) is 23.8 Å². The summed E-state index contributed by atoms with van der Waals surface area (Å²) in [4.78, 5) is 21.6. The van der Waals surface area contributed by atoms with Crippen molar-refractivity contribution in [1.82, 2.24) is 10.3 Å². The Bertz CT molecular complexity index is 1230. The highest BCUT2D eigenvalue weighted by Gasteiger charge is 2.43. The van der Waals surface area contributed by atoms with E-state index in [4.69, 9.17) is 0 Å². The molecule has 36 heavy (non-hydrogen) atoms. The van der Waals surface area contributed by atoms with Crippen LogP contribution in [0.2, 0.25) is 0 Å². The zero-order chi connectivity index (χ0) is 25.3. The minimum Gasteiger partial charge on any atom is -0.365 e. The lowest BCUT2D eigenvalue weighted by Gasteiger charge is -2.49.